The van der Waals surface area contributed by atoms with Gasteiger partial charge in [-0.25, -0.2) is 22.4 Å². The first kappa shape index (κ1) is 14.8. The Kier molecular flexibility index (Phi) is 4.11. The van der Waals surface area contributed by atoms with Crippen LogP contribution in [0.5, 0.6) is 0 Å². The Balaban J connectivity index is 2.43. The van der Waals surface area contributed by atoms with Gasteiger partial charge in [0.25, 0.3) is 0 Å². The van der Waals surface area contributed by atoms with Gasteiger partial charge >= 0.3 is 5.97 Å². The highest BCUT2D eigenvalue weighted by molar-refractivity contribution is 5.79. The maximum atomic E-state index is 13.6. The lowest BCUT2D eigenvalue weighted by atomic mass is 10.1. The third kappa shape index (κ3) is 3.13. The summed E-state index contributed by atoms with van der Waals surface area (Å²) in [4.78, 5) is 11.2. The van der Waals surface area contributed by atoms with Crippen molar-refractivity contribution in [3.8, 4) is 0 Å². The summed E-state index contributed by atoms with van der Waals surface area (Å²) in [6.45, 7) is 0. The number of hydrogen-bond acceptors (Lipinski definition) is 2. The highest BCUT2D eigenvalue weighted by Gasteiger charge is 2.25. The molecule has 0 radical (unpaired) electrons. The number of rotatable bonds is 4. The first-order valence-corrected chi connectivity index (χ1v) is 5.78. The van der Waals surface area contributed by atoms with Crippen molar-refractivity contribution in [3.05, 3.63) is 65.2 Å². The molecule has 0 aromatic heterocycles. The quantitative estimate of drug-likeness (QED) is 0.671. The minimum absolute atomic E-state index is 0.200. The van der Waals surface area contributed by atoms with E-state index >= 15 is 0 Å². The van der Waals surface area contributed by atoms with Crippen molar-refractivity contribution < 1.29 is 27.5 Å². The van der Waals surface area contributed by atoms with Crippen LogP contribution in [0.15, 0.2) is 36.4 Å². The molecule has 0 fully saturated rings. The fourth-order valence-electron chi connectivity index (χ4n) is 1.77. The summed E-state index contributed by atoms with van der Waals surface area (Å²) in [5, 5.41) is 11.3. The fourth-order valence-corrected chi connectivity index (χ4v) is 1.77. The summed E-state index contributed by atoms with van der Waals surface area (Å²) < 4.78 is 53.2. The molecule has 0 spiro atoms. The average molecular weight is 299 g/mol. The number of halogens is 4. The molecule has 0 aliphatic carbocycles. The minimum atomic E-state index is -1.77. The number of aliphatic carboxylic acids is 1. The molecule has 2 aromatic carbocycles. The molecular weight excluding hydrogens is 290 g/mol. The molecule has 0 saturated heterocycles. The van der Waals surface area contributed by atoms with Crippen molar-refractivity contribution >= 4 is 11.7 Å². The number of carbonyl (C=O) groups is 1. The predicted octanol–water partition coefficient (Wildman–Crippen LogP) is 3.48. The van der Waals surface area contributed by atoms with Gasteiger partial charge in [-0.3, -0.25) is 0 Å². The van der Waals surface area contributed by atoms with Crippen molar-refractivity contribution in [2.75, 3.05) is 5.32 Å². The number of anilines is 1. The number of carboxylic acid groups (broad SMARTS) is 1. The first-order valence-electron chi connectivity index (χ1n) is 5.78. The third-order valence-electron chi connectivity index (χ3n) is 2.77. The predicted molar refractivity (Wildman–Crippen MR) is 66.7 cm³/mol. The van der Waals surface area contributed by atoms with Crippen LogP contribution in [0.4, 0.5) is 23.2 Å². The van der Waals surface area contributed by atoms with Crippen LogP contribution in [-0.4, -0.2) is 11.1 Å². The van der Waals surface area contributed by atoms with Crippen molar-refractivity contribution in [1.82, 2.24) is 0 Å². The maximum absolute atomic E-state index is 13.6. The number of para-hydroxylation sites is 1. The molecule has 2 rings (SSSR count). The van der Waals surface area contributed by atoms with Crippen molar-refractivity contribution in [2.45, 2.75) is 6.04 Å². The largest absolute Gasteiger partial charge is 0.479 e. The Morgan fingerprint density at radius 3 is 2.19 bits per heavy atom. The molecular formula is C14H9F4NO2. The van der Waals surface area contributed by atoms with Crippen LogP contribution in [0.2, 0.25) is 0 Å². The summed E-state index contributed by atoms with van der Waals surface area (Å²) in [6, 6.07) is 4.03. The van der Waals surface area contributed by atoms with Gasteiger partial charge in [0.2, 0.25) is 0 Å². The van der Waals surface area contributed by atoms with Crippen LogP contribution < -0.4 is 5.32 Å². The van der Waals surface area contributed by atoms with Gasteiger partial charge in [-0.05, 0) is 18.2 Å². The van der Waals surface area contributed by atoms with Gasteiger partial charge in [0.1, 0.15) is 11.6 Å². The Labute approximate surface area is 116 Å². The van der Waals surface area contributed by atoms with Gasteiger partial charge in [0.15, 0.2) is 17.7 Å². The molecule has 1 atom stereocenters. The van der Waals surface area contributed by atoms with E-state index in [0.29, 0.717) is 6.07 Å². The molecule has 2 N–H and O–H groups in total. The molecule has 110 valence electrons. The second-order valence-corrected chi connectivity index (χ2v) is 4.18. The second-order valence-electron chi connectivity index (χ2n) is 4.18. The van der Waals surface area contributed by atoms with Gasteiger partial charge in [-0.1, -0.05) is 12.1 Å². The van der Waals surface area contributed by atoms with Crippen molar-refractivity contribution in [3.63, 3.8) is 0 Å². The van der Waals surface area contributed by atoms with E-state index in [2.05, 4.69) is 5.32 Å². The summed E-state index contributed by atoms with van der Waals surface area (Å²) in [7, 11) is 0. The molecule has 2 aromatic rings. The van der Waals surface area contributed by atoms with Gasteiger partial charge in [0.05, 0.1) is 5.69 Å². The Morgan fingerprint density at radius 2 is 1.57 bits per heavy atom. The monoisotopic (exact) mass is 299 g/mol. The van der Waals surface area contributed by atoms with Crippen LogP contribution in [0.1, 0.15) is 11.6 Å². The molecule has 0 aliphatic rings. The number of nitrogens with one attached hydrogen (secondary N) is 1. The molecule has 1 unspecified atom stereocenters. The van der Waals surface area contributed by atoms with E-state index in [0.717, 1.165) is 6.07 Å². The minimum Gasteiger partial charge on any atom is -0.479 e. The fraction of sp³-hybridized carbons (Fsp3) is 0.0714. The van der Waals surface area contributed by atoms with E-state index in [-0.39, 0.29) is 11.8 Å². The molecule has 3 nitrogen and oxygen atoms in total. The summed E-state index contributed by atoms with van der Waals surface area (Å²) in [6.07, 6.45) is 0. The van der Waals surface area contributed by atoms with Crippen LogP contribution in [0.25, 0.3) is 0 Å². The number of hydrogen-bond donors (Lipinski definition) is 2. The van der Waals surface area contributed by atoms with Gasteiger partial charge in [0, 0.05) is 11.6 Å². The standard InChI is InChI=1S/C14H9F4NO2/c15-8-3-1-2-4-12(8)19-13(14(20)21)7-5-10(17)11(18)6-9(7)16/h1-6,13,19H,(H,20,21). The molecule has 0 heterocycles. The molecule has 0 bridgehead atoms. The van der Waals surface area contributed by atoms with Gasteiger partial charge in [-0.2, -0.15) is 0 Å². The van der Waals surface area contributed by atoms with E-state index < -0.39 is 40.8 Å². The van der Waals surface area contributed by atoms with Crippen LogP contribution >= 0.6 is 0 Å². The van der Waals surface area contributed by atoms with E-state index in [4.69, 9.17) is 5.11 Å². The zero-order valence-corrected chi connectivity index (χ0v) is 10.4. The van der Waals surface area contributed by atoms with E-state index in [9.17, 15) is 22.4 Å². The molecule has 21 heavy (non-hydrogen) atoms. The SMILES string of the molecule is O=C(O)C(Nc1ccccc1F)c1cc(F)c(F)cc1F. The van der Waals surface area contributed by atoms with Gasteiger partial charge in [-0.15, -0.1) is 0 Å². The smallest absolute Gasteiger partial charge is 0.330 e. The average Bonchev–Trinajstić information content (AvgIpc) is 2.42. The lowest BCUT2D eigenvalue weighted by Crippen LogP contribution is -2.22. The number of benzene rings is 2. The Hall–Kier alpha value is -2.57. The summed E-state index contributed by atoms with van der Waals surface area (Å²) in [5.41, 5.74) is -0.835. The molecule has 0 amide bonds. The maximum Gasteiger partial charge on any atom is 0.330 e. The number of carboxylic acids is 1. The zero-order chi connectivity index (χ0) is 15.6. The lowest BCUT2D eigenvalue weighted by Gasteiger charge is -2.17. The highest BCUT2D eigenvalue weighted by Crippen LogP contribution is 2.25. The van der Waals surface area contributed by atoms with Crippen molar-refractivity contribution in [1.29, 1.82) is 0 Å². The Morgan fingerprint density at radius 1 is 0.952 bits per heavy atom. The normalized spacial score (nSPS) is 12.0. The highest BCUT2D eigenvalue weighted by atomic mass is 19.2. The molecule has 0 aliphatic heterocycles. The van der Waals surface area contributed by atoms with E-state index in [1.165, 1.54) is 18.2 Å². The lowest BCUT2D eigenvalue weighted by molar-refractivity contribution is -0.138. The third-order valence-corrected chi connectivity index (χ3v) is 2.77. The summed E-state index contributed by atoms with van der Waals surface area (Å²) >= 11 is 0. The van der Waals surface area contributed by atoms with E-state index in [1.54, 1.807) is 0 Å². The van der Waals surface area contributed by atoms with Crippen LogP contribution in [0, 0.1) is 23.3 Å². The molecule has 7 heteroatoms. The van der Waals surface area contributed by atoms with Crippen LogP contribution in [0.3, 0.4) is 0 Å². The second kappa shape index (κ2) is 5.82. The topological polar surface area (TPSA) is 49.3 Å². The van der Waals surface area contributed by atoms with Crippen molar-refractivity contribution in [2.24, 2.45) is 0 Å². The van der Waals surface area contributed by atoms with E-state index in [1.807, 2.05) is 0 Å². The summed E-state index contributed by atoms with van der Waals surface area (Å²) in [5.74, 6) is -6.40. The zero-order valence-electron chi connectivity index (χ0n) is 10.4. The first-order chi connectivity index (χ1) is 9.90. The molecule has 0 saturated carbocycles. The van der Waals surface area contributed by atoms with Crippen LogP contribution in [-0.2, 0) is 4.79 Å². The van der Waals surface area contributed by atoms with Gasteiger partial charge < -0.3 is 10.4 Å². The Bertz CT molecular complexity index is 691.